The van der Waals surface area contributed by atoms with E-state index >= 15 is 0 Å². The molecule has 1 heterocycles. The van der Waals surface area contributed by atoms with Crippen molar-refractivity contribution in [1.82, 2.24) is 0 Å². The van der Waals surface area contributed by atoms with Crippen LogP contribution in [0.25, 0.3) is 0 Å². The van der Waals surface area contributed by atoms with E-state index < -0.39 is 11.7 Å². The zero-order valence-electron chi connectivity index (χ0n) is 10.5. The van der Waals surface area contributed by atoms with Crippen LogP contribution in [-0.4, -0.2) is 24.7 Å². The van der Waals surface area contributed by atoms with E-state index in [1.165, 1.54) is 18.9 Å². The number of benzene rings is 1. The quantitative estimate of drug-likeness (QED) is 0.603. The van der Waals surface area contributed by atoms with Crippen molar-refractivity contribution in [2.24, 2.45) is 0 Å². The highest BCUT2D eigenvalue weighted by molar-refractivity contribution is 6.03. The van der Waals surface area contributed by atoms with Gasteiger partial charge in [0.15, 0.2) is 0 Å². The van der Waals surface area contributed by atoms with E-state index in [2.05, 4.69) is 0 Å². The third-order valence-electron chi connectivity index (χ3n) is 2.82. The molecule has 1 saturated heterocycles. The molecular formula is C13H12N2O4. The van der Waals surface area contributed by atoms with Gasteiger partial charge in [-0.25, -0.2) is 0 Å². The lowest BCUT2D eigenvalue weighted by atomic mass is 9.96. The number of nitrogens with zero attached hydrogens (tertiary/aromatic N) is 2. The van der Waals surface area contributed by atoms with Crippen LogP contribution in [0, 0.1) is 11.3 Å². The van der Waals surface area contributed by atoms with Crippen molar-refractivity contribution in [2.45, 2.75) is 19.1 Å². The first kappa shape index (κ1) is 12.9. The third-order valence-corrected chi connectivity index (χ3v) is 2.82. The first-order chi connectivity index (χ1) is 9.02. The van der Waals surface area contributed by atoms with Gasteiger partial charge in [0.25, 0.3) is 5.72 Å². The second kappa shape index (κ2) is 4.61. The molecule has 1 unspecified atom stereocenters. The summed E-state index contributed by atoms with van der Waals surface area (Å²) in [5, 5.41) is 9.19. The molecule has 0 saturated carbocycles. The lowest BCUT2D eigenvalue weighted by molar-refractivity contribution is -0.162. The molecule has 98 valence electrons. The van der Waals surface area contributed by atoms with E-state index in [9.17, 15) is 14.9 Å². The summed E-state index contributed by atoms with van der Waals surface area (Å²) in [5.74, 6) is -0.243. The summed E-state index contributed by atoms with van der Waals surface area (Å²) in [5.41, 5.74) is -1.04. The topological polar surface area (TPSA) is 79.6 Å². The molecule has 2 rings (SSSR count). The van der Waals surface area contributed by atoms with Crippen LogP contribution in [0.2, 0.25) is 0 Å². The van der Waals surface area contributed by atoms with Gasteiger partial charge in [-0.2, -0.15) is 5.26 Å². The Labute approximate surface area is 110 Å². The molecule has 0 bridgehead atoms. The van der Waals surface area contributed by atoms with Crippen LogP contribution in [-0.2, 0) is 14.3 Å². The number of amides is 1. The largest absolute Gasteiger partial charge is 0.497 e. The summed E-state index contributed by atoms with van der Waals surface area (Å²) in [6.07, 6.45) is -0.130. The van der Waals surface area contributed by atoms with Gasteiger partial charge in [-0.05, 0) is 24.3 Å². The molecule has 1 aromatic rings. The highest BCUT2D eigenvalue weighted by Gasteiger charge is 2.56. The lowest BCUT2D eigenvalue weighted by Crippen LogP contribution is -2.65. The summed E-state index contributed by atoms with van der Waals surface area (Å²) in [4.78, 5) is 23.9. The molecule has 1 aliphatic rings. The number of carbonyl (C=O) groups is 2. The Morgan fingerprint density at radius 1 is 1.42 bits per heavy atom. The summed E-state index contributed by atoms with van der Waals surface area (Å²) >= 11 is 0. The summed E-state index contributed by atoms with van der Waals surface area (Å²) < 4.78 is 10.0. The van der Waals surface area contributed by atoms with Crippen molar-refractivity contribution in [1.29, 1.82) is 5.26 Å². The maximum absolute atomic E-state index is 11.7. The van der Waals surface area contributed by atoms with Gasteiger partial charge in [-0.1, -0.05) is 0 Å². The zero-order valence-corrected chi connectivity index (χ0v) is 10.5. The molecule has 6 nitrogen and oxygen atoms in total. The Hall–Kier alpha value is -2.55. The Morgan fingerprint density at radius 3 is 2.47 bits per heavy atom. The third kappa shape index (κ3) is 2.10. The smallest absolute Gasteiger partial charge is 0.305 e. The predicted octanol–water partition coefficient (Wildman–Crippen LogP) is 1.21. The van der Waals surface area contributed by atoms with Crippen molar-refractivity contribution >= 4 is 17.6 Å². The molecule has 1 fully saturated rings. The maximum atomic E-state index is 11.7. The van der Waals surface area contributed by atoms with E-state index in [1.807, 2.05) is 6.07 Å². The lowest BCUT2D eigenvalue weighted by Gasteiger charge is -2.45. The number of esters is 1. The molecule has 6 heteroatoms. The number of carbonyl (C=O) groups excluding carboxylic acids is 2. The monoisotopic (exact) mass is 260 g/mol. The van der Waals surface area contributed by atoms with Crippen LogP contribution in [0.5, 0.6) is 5.75 Å². The summed E-state index contributed by atoms with van der Waals surface area (Å²) in [7, 11) is 1.53. The number of ether oxygens (including phenoxy) is 2. The molecule has 1 amide bonds. The SMILES string of the molecule is COc1ccc(N2C(=O)CC2(C#N)OC(C)=O)cc1. The normalized spacial score (nSPS) is 21.3. The zero-order chi connectivity index (χ0) is 14.0. The van der Waals surface area contributed by atoms with Gasteiger partial charge in [0.05, 0.1) is 7.11 Å². The second-order valence-electron chi connectivity index (χ2n) is 4.09. The van der Waals surface area contributed by atoms with Gasteiger partial charge in [-0.15, -0.1) is 0 Å². The Kier molecular flexibility index (Phi) is 3.13. The highest BCUT2D eigenvalue weighted by atomic mass is 16.6. The van der Waals surface area contributed by atoms with Crippen molar-refractivity contribution in [3.63, 3.8) is 0 Å². The fraction of sp³-hybridized carbons (Fsp3) is 0.308. The molecule has 0 spiro atoms. The minimum Gasteiger partial charge on any atom is -0.497 e. The summed E-state index contributed by atoms with van der Waals surface area (Å²) in [6, 6.07) is 8.47. The Balaban J connectivity index is 2.32. The number of methoxy groups -OCH3 is 1. The van der Waals surface area contributed by atoms with Crippen molar-refractivity contribution in [2.75, 3.05) is 12.0 Å². The van der Waals surface area contributed by atoms with Gasteiger partial charge in [-0.3, -0.25) is 14.5 Å². The van der Waals surface area contributed by atoms with E-state index in [0.29, 0.717) is 11.4 Å². The van der Waals surface area contributed by atoms with E-state index in [0.717, 1.165) is 0 Å². The van der Waals surface area contributed by atoms with Gasteiger partial charge < -0.3 is 9.47 Å². The van der Waals surface area contributed by atoms with Crippen LogP contribution < -0.4 is 9.64 Å². The van der Waals surface area contributed by atoms with Crippen LogP contribution >= 0.6 is 0 Å². The van der Waals surface area contributed by atoms with Crippen molar-refractivity contribution < 1.29 is 19.1 Å². The Bertz CT molecular complexity index is 561. The number of hydrogen-bond donors (Lipinski definition) is 0. The first-order valence-corrected chi connectivity index (χ1v) is 5.60. The number of hydrogen-bond acceptors (Lipinski definition) is 5. The molecule has 1 aliphatic heterocycles. The number of β-lactam (4-membered cyclic amide) rings is 1. The number of nitriles is 1. The van der Waals surface area contributed by atoms with Crippen LogP contribution in [0.15, 0.2) is 24.3 Å². The second-order valence-corrected chi connectivity index (χ2v) is 4.09. The Morgan fingerprint density at radius 2 is 2.05 bits per heavy atom. The fourth-order valence-electron chi connectivity index (χ4n) is 1.99. The molecule has 0 N–H and O–H groups in total. The molecule has 0 radical (unpaired) electrons. The van der Waals surface area contributed by atoms with E-state index in [4.69, 9.17) is 9.47 Å². The van der Waals surface area contributed by atoms with Crippen LogP contribution in [0.3, 0.4) is 0 Å². The number of rotatable bonds is 3. The molecular weight excluding hydrogens is 248 g/mol. The van der Waals surface area contributed by atoms with Crippen LogP contribution in [0.1, 0.15) is 13.3 Å². The van der Waals surface area contributed by atoms with Crippen LogP contribution in [0.4, 0.5) is 5.69 Å². The average Bonchev–Trinajstić information content (AvgIpc) is 2.37. The number of anilines is 1. The van der Waals surface area contributed by atoms with E-state index in [-0.39, 0.29) is 12.3 Å². The van der Waals surface area contributed by atoms with Gasteiger partial charge in [0.1, 0.15) is 18.2 Å². The molecule has 0 aromatic heterocycles. The molecule has 0 aliphatic carbocycles. The first-order valence-electron chi connectivity index (χ1n) is 5.60. The summed E-state index contributed by atoms with van der Waals surface area (Å²) in [6.45, 7) is 1.20. The average molecular weight is 260 g/mol. The highest BCUT2D eigenvalue weighted by Crippen LogP contribution is 2.38. The molecule has 1 aromatic carbocycles. The standard InChI is InChI=1S/C13H12N2O4/c1-9(16)19-13(8-14)7-12(17)15(13)10-3-5-11(18-2)6-4-10/h3-6H,7H2,1-2H3. The van der Waals surface area contributed by atoms with Gasteiger partial charge in [0.2, 0.25) is 5.91 Å². The molecule has 1 atom stereocenters. The molecule has 19 heavy (non-hydrogen) atoms. The maximum Gasteiger partial charge on any atom is 0.305 e. The van der Waals surface area contributed by atoms with Gasteiger partial charge in [0, 0.05) is 12.6 Å². The van der Waals surface area contributed by atoms with Crippen molar-refractivity contribution in [3.05, 3.63) is 24.3 Å². The van der Waals surface area contributed by atoms with Crippen molar-refractivity contribution in [3.8, 4) is 11.8 Å². The van der Waals surface area contributed by atoms with Gasteiger partial charge >= 0.3 is 5.97 Å². The minimum atomic E-state index is -1.53. The predicted molar refractivity (Wildman–Crippen MR) is 65.2 cm³/mol. The fourth-order valence-corrected chi connectivity index (χ4v) is 1.99. The van der Waals surface area contributed by atoms with E-state index in [1.54, 1.807) is 24.3 Å². The minimum absolute atomic E-state index is 0.130.